The van der Waals surface area contributed by atoms with Gasteiger partial charge in [-0.3, -0.25) is 14.5 Å². The first-order chi connectivity index (χ1) is 23.0. The van der Waals surface area contributed by atoms with Crippen molar-refractivity contribution in [3.8, 4) is 11.5 Å². The van der Waals surface area contributed by atoms with Gasteiger partial charge in [-0.25, -0.2) is 4.39 Å². The van der Waals surface area contributed by atoms with Crippen LogP contribution in [0.3, 0.4) is 0 Å². The van der Waals surface area contributed by atoms with Gasteiger partial charge in [-0.15, -0.1) is 0 Å². The van der Waals surface area contributed by atoms with Gasteiger partial charge >= 0.3 is 0 Å². The molecule has 0 atom stereocenters. The molecule has 0 bridgehead atoms. The monoisotopic (exact) mass is 632 g/mol. The van der Waals surface area contributed by atoms with Crippen molar-refractivity contribution in [1.82, 2.24) is 15.1 Å². The van der Waals surface area contributed by atoms with Crippen LogP contribution in [-0.2, 0) is 23.2 Å². The van der Waals surface area contributed by atoms with Crippen molar-refractivity contribution in [2.45, 2.75) is 38.1 Å². The van der Waals surface area contributed by atoms with E-state index in [0.717, 1.165) is 90.6 Å². The fourth-order valence-electron chi connectivity index (χ4n) is 7.53. The van der Waals surface area contributed by atoms with E-state index in [1.165, 1.54) is 12.1 Å². The van der Waals surface area contributed by atoms with Gasteiger partial charge in [0.2, 0.25) is 5.91 Å². The summed E-state index contributed by atoms with van der Waals surface area (Å²) in [5.41, 5.74) is 4.72. The molecule has 2 amide bonds. The molecule has 4 aromatic rings. The predicted octanol–water partition coefficient (Wildman–Crippen LogP) is 6.15. The standard InChI is InChI=1S/C39H41FN4O3/c1-2-41-38(46)39(33-11-3-5-13-35(33)47-36-14-6-4-12-34(36)39)18-8-19-42-21-23-43(24-22-42)31-16-15-29-17-20-44(37(45)32(29)26-31)27-28-9-7-10-30(40)25-28/h3-7,9-16,25-26H,2,8,17-24,27H2,1H3,(H,41,46). The number of carbonyl (C=O) groups is 2. The Labute approximate surface area is 275 Å². The molecular weight excluding hydrogens is 591 g/mol. The SMILES string of the molecule is CCNC(=O)C1(CCCN2CCN(c3ccc4c(c3)C(=O)N(Cc3cccc(F)c3)CC4)CC2)c2ccccc2Oc2ccccc21. The summed E-state index contributed by atoms with van der Waals surface area (Å²) in [6.07, 6.45) is 2.33. The lowest BCUT2D eigenvalue weighted by atomic mass is 9.68. The molecule has 7 nitrogen and oxygen atoms in total. The van der Waals surface area contributed by atoms with E-state index in [0.29, 0.717) is 26.1 Å². The quantitative estimate of drug-likeness (QED) is 0.240. The number of amides is 2. The number of fused-ring (bicyclic) bond motifs is 3. The third-order valence-electron chi connectivity index (χ3n) is 9.93. The molecule has 3 aliphatic rings. The Morgan fingerprint density at radius 3 is 2.30 bits per heavy atom. The number of nitrogens with one attached hydrogen (secondary N) is 1. The molecule has 0 radical (unpaired) electrons. The van der Waals surface area contributed by atoms with Crippen molar-refractivity contribution in [3.05, 3.63) is 125 Å². The lowest BCUT2D eigenvalue weighted by molar-refractivity contribution is -0.125. The summed E-state index contributed by atoms with van der Waals surface area (Å²) in [7, 11) is 0. The van der Waals surface area contributed by atoms with E-state index in [9.17, 15) is 14.0 Å². The van der Waals surface area contributed by atoms with Crippen LogP contribution in [0.25, 0.3) is 0 Å². The van der Waals surface area contributed by atoms with Crippen molar-refractivity contribution in [3.63, 3.8) is 0 Å². The highest BCUT2D eigenvalue weighted by Crippen LogP contribution is 2.50. The predicted molar refractivity (Wildman–Crippen MR) is 182 cm³/mol. The third kappa shape index (κ3) is 5.98. The highest BCUT2D eigenvalue weighted by Gasteiger charge is 2.47. The molecule has 0 aromatic heterocycles. The van der Waals surface area contributed by atoms with E-state index in [1.807, 2.05) is 72.5 Å². The normalized spacial score (nSPS) is 16.9. The first-order valence-corrected chi connectivity index (χ1v) is 16.8. The summed E-state index contributed by atoms with van der Waals surface area (Å²) < 4.78 is 20.0. The molecule has 8 heteroatoms. The maximum Gasteiger partial charge on any atom is 0.254 e. The second-order valence-electron chi connectivity index (χ2n) is 12.7. The number of benzene rings is 4. The number of nitrogens with zero attached hydrogens (tertiary/aromatic N) is 3. The fraction of sp³-hybridized carbons (Fsp3) is 0.333. The highest BCUT2D eigenvalue weighted by molar-refractivity contribution is 5.98. The van der Waals surface area contributed by atoms with E-state index in [4.69, 9.17) is 4.74 Å². The second-order valence-corrected chi connectivity index (χ2v) is 12.7. The summed E-state index contributed by atoms with van der Waals surface area (Å²) in [5, 5.41) is 3.14. The zero-order valence-electron chi connectivity index (χ0n) is 26.9. The number of carbonyl (C=O) groups excluding carboxylic acids is 2. The summed E-state index contributed by atoms with van der Waals surface area (Å²) in [4.78, 5) is 34.1. The number of halogens is 1. The van der Waals surface area contributed by atoms with Crippen LogP contribution >= 0.6 is 0 Å². The number of hydrogen-bond acceptors (Lipinski definition) is 5. The van der Waals surface area contributed by atoms with E-state index in [1.54, 1.807) is 6.07 Å². The van der Waals surface area contributed by atoms with Crippen LogP contribution in [0.15, 0.2) is 91.0 Å². The van der Waals surface area contributed by atoms with Gasteiger partial charge in [0.1, 0.15) is 22.7 Å². The highest BCUT2D eigenvalue weighted by atomic mass is 19.1. The van der Waals surface area contributed by atoms with Gasteiger partial charge in [-0.2, -0.15) is 0 Å². The summed E-state index contributed by atoms with van der Waals surface area (Å²) in [6.45, 7) is 7.98. The molecule has 0 aliphatic carbocycles. The third-order valence-corrected chi connectivity index (χ3v) is 9.93. The Morgan fingerprint density at radius 1 is 0.872 bits per heavy atom. The summed E-state index contributed by atoms with van der Waals surface area (Å²) >= 11 is 0. The van der Waals surface area contributed by atoms with Crippen LogP contribution in [0.2, 0.25) is 0 Å². The largest absolute Gasteiger partial charge is 0.457 e. The molecule has 242 valence electrons. The van der Waals surface area contributed by atoms with Gasteiger partial charge in [0, 0.05) is 68.2 Å². The number of para-hydroxylation sites is 2. The topological polar surface area (TPSA) is 65.1 Å². The van der Waals surface area contributed by atoms with Gasteiger partial charge in [0.05, 0.1) is 0 Å². The zero-order valence-corrected chi connectivity index (χ0v) is 26.9. The average Bonchev–Trinajstić information content (AvgIpc) is 3.09. The Kier molecular flexibility index (Phi) is 8.69. The van der Waals surface area contributed by atoms with Crippen molar-refractivity contribution in [2.75, 3.05) is 50.7 Å². The number of piperazine rings is 1. The number of anilines is 1. The van der Waals surface area contributed by atoms with Crippen LogP contribution in [0.1, 0.15) is 52.4 Å². The van der Waals surface area contributed by atoms with E-state index >= 15 is 0 Å². The van der Waals surface area contributed by atoms with Crippen molar-refractivity contribution in [2.24, 2.45) is 0 Å². The average molecular weight is 633 g/mol. The number of ether oxygens (including phenoxy) is 1. The summed E-state index contributed by atoms with van der Waals surface area (Å²) in [5.74, 6) is 1.23. The molecule has 1 saturated heterocycles. The van der Waals surface area contributed by atoms with Gasteiger partial charge in [0.15, 0.2) is 0 Å². The van der Waals surface area contributed by atoms with Crippen LogP contribution in [0.4, 0.5) is 10.1 Å². The molecule has 3 heterocycles. The zero-order chi connectivity index (χ0) is 32.4. The van der Waals surface area contributed by atoms with Gasteiger partial charge in [-0.1, -0.05) is 54.6 Å². The molecule has 4 aromatic carbocycles. The Morgan fingerprint density at radius 2 is 1.60 bits per heavy atom. The molecule has 47 heavy (non-hydrogen) atoms. The van der Waals surface area contributed by atoms with Crippen molar-refractivity contribution in [1.29, 1.82) is 0 Å². The molecule has 7 rings (SSSR count). The Hall–Kier alpha value is -4.69. The molecule has 0 saturated carbocycles. The van der Waals surface area contributed by atoms with Crippen LogP contribution < -0.4 is 15.0 Å². The first-order valence-electron chi connectivity index (χ1n) is 16.8. The lowest BCUT2D eigenvalue weighted by Gasteiger charge is -2.40. The second kappa shape index (κ2) is 13.2. The fourth-order valence-corrected chi connectivity index (χ4v) is 7.53. The number of likely N-dealkylation sites (N-methyl/N-ethyl adjacent to an activating group) is 1. The minimum atomic E-state index is -0.818. The van der Waals surface area contributed by atoms with Gasteiger partial charge in [0.25, 0.3) is 5.91 Å². The van der Waals surface area contributed by atoms with E-state index in [-0.39, 0.29) is 17.6 Å². The first kappa shape index (κ1) is 30.9. The van der Waals surface area contributed by atoms with Crippen LogP contribution in [0, 0.1) is 5.82 Å². The van der Waals surface area contributed by atoms with Crippen LogP contribution in [-0.4, -0.2) is 67.4 Å². The molecule has 0 spiro atoms. The molecule has 1 N–H and O–H groups in total. The minimum Gasteiger partial charge on any atom is -0.457 e. The smallest absolute Gasteiger partial charge is 0.254 e. The molecular formula is C39H41FN4O3. The maximum absolute atomic E-state index is 13.9. The number of rotatable bonds is 9. The Balaban J connectivity index is 1.01. The lowest BCUT2D eigenvalue weighted by Crippen LogP contribution is -2.49. The van der Waals surface area contributed by atoms with Crippen molar-refractivity contribution < 1.29 is 18.7 Å². The number of hydrogen-bond donors (Lipinski definition) is 1. The maximum atomic E-state index is 13.9. The minimum absolute atomic E-state index is 0.00768. The Bertz CT molecular complexity index is 1740. The van der Waals surface area contributed by atoms with E-state index < -0.39 is 5.41 Å². The molecule has 1 fully saturated rings. The van der Waals surface area contributed by atoms with Crippen molar-refractivity contribution >= 4 is 17.5 Å². The summed E-state index contributed by atoms with van der Waals surface area (Å²) in [6, 6.07) is 28.6. The molecule has 3 aliphatic heterocycles. The van der Waals surface area contributed by atoms with E-state index in [2.05, 4.69) is 27.2 Å². The van der Waals surface area contributed by atoms with Crippen LogP contribution in [0.5, 0.6) is 11.5 Å². The van der Waals surface area contributed by atoms with Gasteiger partial charge < -0.3 is 19.9 Å². The van der Waals surface area contributed by atoms with Gasteiger partial charge in [-0.05, 0) is 80.3 Å². The molecule has 0 unspecified atom stereocenters.